The molecule has 0 bridgehead atoms. The van der Waals surface area contributed by atoms with Crippen LogP contribution in [0.2, 0.25) is 0 Å². The maximum absolute atomic E-state index is 13.7. The third-order valence-electron chi connectivity index (χ3n) is 3.90. The number of nitrogens with zero attached hydrogens (tertiary/aromatic N) is 1. The summed E-state index contributed by atoms with van der Waals surface area (Å²) in [5.74, 6) is -1.60. The van der Waals surface area contributed by atoms with Crippen molar-refractivity contribution in [1.29, 1.82) is 5.26 Å². The fraction of sp³-hybridized carbons (Fsp3) is 0.263. The van der Waals surface area contributed by atoms with Crippen LogP contribution in [0.15, 0.2) is 42.5 Å². The molecule has 26 heavy (non-hydrogen) atoms. The molecule has 1 amide bonds. The Bertz CT molecular complexity index is 802. The highest BCUT2D eigenvalue weighted by Crippen LogP contribution is 2.31. The first-order chi connectivity index (χ1) is 12.4. The first-order valence-electron chi connectivity index (χ1n) is 8.01. The number of phenolic OH excluding ortho intramolecular Hbond substituents is 1. The zero-order valence-electron chi connectivity index (χ0n) is 14.1. The molecule has 0 saturated carbocycles. The summed E-state index contributed by atoms with van der Waals surface area (Å²) in [5, 5.41) is 29.8. The number of carbonyl (C=O) groups is 1. The van der Waals surface area contributed by atoms with Gasteiger partial charge in [0.05, 0.1) is 11.6 Å². The number of aliphatic hydroxyl groups is 1. The Labute approximate surface area is 150 Å². The monoisotopic (exact) mass is 358 g/mol. The lowest BCUT2D eigenvalue weighted by Gasteiger charge is -2.24. The number of halogens is 1. The van der Waals surface area contributed by atoms with Crippen molar-refractivity contribution < 1.29 is 24.1 Å². The van der Waals surface area contributed by atoms with Crippen LogP contribution in [-0.2, 0) is 4.74 Å². The van der Waals surface area contributed by atoms with Gasteiger partial charge in [-0.2, -0.15) is 5.26 Å². The van der Waals surface area contributed by atoms with E-state index in [9.17, 15) is 14.3 Å². The molecule has 0 spiro atoms. The van der Waals surface area contributed by atoms with Gasteiger partial charge in [-0.1, -0.05) is 13.0 Å². The molecular formula is C19H19FN2O4. The molecular weight excluding hydrogens is 339 g/mol. The van der Waals surface area contributed by atoms with E-state index in [1.165, 1.54) is 12.1 Å². The Morgan fingerprint density at radius 3 is 2.58 bits per heavy atom. The average Bonchev–Trinajstić information content (AvgIpc) is 2.63. The summed E-state index contributed by atoms with van der Waals surface area (Å²) in [5.41, 5.74) is 1.27. The summed E-state index contributed by atoms with van der Waals surface area (Å²) in [6, 6.07) is 12.0. The molecule has 0 aromatic heterocycles. The molecule has 0 saturated heterocycles. The Hall–Kier alpha value is -3.11. The molecule has 0 radical (unpaired) electrons. The predicted molar refractivity (Wildman–Crippen MR) is 92.9 cm³/mol. The van der Waals surface area contributed by atoms with Crippen LogP contribution < -0.4 is 5.32 Å². The first kappa shape index (κ1) is 19.2. The van der Waals surface area contributed by atoms with Crippen molar-refractivity contribution in [1.82, 2.24) is 0 Å². The molecule has 0 heterocycles. The van der Waals surface area contributed by atoms with Crippen LogP contribution in [0.5, 0.6) is 5.75 Å². The van der Waals surface area contributed by atoms with Gasteiger partial charge in [0.15, 0.2) is 11.6 Å². The molecule has 3 N–H and O–H groups in total. The third kappa shape index (κ3) is 4.94. The molecule has 0 aliphatic heterocycles. The molecule has 0 fully saturated rings. The van der Waals surface area contributed by atoms with Crippen LogP contribution in [-0.4, -0.2) is 22.9 Å². The number of aliphatic hydroxyl groups excluding tert-OH is 1. The maximum atomic E-state index is 13.7. The van der Waals surface area contributed by atoms with Crippen LogP contribution in [0.3, 0.4) is 0 Å². The summed E-state index contributed by atoms with van der Waals surface area (Å²) in [4.78, 5) is 12.2. The second-order valence-electron chi connectivity index (χ2n) is 5.84. The molecule has 2 aromatic rings. The summed E-state index contributed by atoms with van der Waals surface area (Å²) in [7, 11) is 0. The van der Waals surface area contributed by atoms with Gasteiger partial charge in [-0.3, -0.25) is 5.32 Å². The Balaban J connectivity index is 2.15. The van der Waals surface area contributed by atoms with Gasteiger partial charge in [-0.15, -0.1) is 0 Å². The highest BCUT2D eigenvalue weighted by atomic mass is 19.1. The second kappa shape index (κ2) is 8.83. The number of phenols is 1. The number of nitriles is 1. The maximum Gasteiger partial charge on any atom is 0.412 e. The number of rotatable bonds is 6. The van der Waals surface area contributed by atoms with Crippen molar-refractivity contribution in [3.63, 3.8) is 0 Å². The van der Waals surface area contributed by atoms with Crippen LogP contribution >= 0.6 is 0 Å². The van der Waals surface area contributed by atoms with Crippen molar-refractivity contribution in [2.24, 2.45) is 5.92 Å². The van der Waals surface area contributed by atoms with Crippen LogP contribution in [0.1, 0.15) is 30.6 Å². The van der Waals surface area contributed by atoms with Gasteiger partial charge >= 0.3 is 6.09 Å². The summed E-state index contributed by atoms with van der Waals surface area (Å²) < 4.78 is 19.1. The van der Waals surface area contributed by atoms with E-state index in [0.717, 1.165) is 6.07 Å². The van der Waals surface area contributed by atoms with Gasteiger partial charge in [-0.25, -0.2) is 9.18 Å². The van der Waals surface area contributed by atoms with Crippen LogP contribution in [0.25, 0.3) is 0 Å². The number of aromatic hydroxyl groups is 1. The number of carbonyl (C=O) groups excluding carboxylic acids is 1. The highest BCUT2D eigenvalue weighted by molar-refractivity contribution is 5.84. The van der Waals surface area contributed by atoms with Gasteiger partial charge in [0, 0.05) is 12.3 Å². The second-order valence-corrected chi connectivity index (χ2v) is 5.84. The van der Waals surface area contributed by atoms with Crippen LogP contribution in [0, 0.1) is 23.1 Å². The van der Waals surface area contributed by atoms with E-state index >= 15 is 0 Å². The number of amides is 1. The molecule has 0 unspecified atom stereocenters. The van der Waals surface area contributed by atoms with E-state index in [0.29, 0.717) is 23.2 Å². The van der Waals surface area contributed by atoms with Gasteiger partial charge in [-0.05, 0) is 54.3 Å². The zero-order valence-corrected chi connectivity index (χ0v) is 14.1. The fourth-order valence-electron chi connectivity index (χ4n) is 2.46. The van der Waals surface area contributed by atoms with Crippen molar-refractivity contribution in [2.75, 3.05) is 11.9 Å². The molecule has 2 atom stereocenters. The van der Waals surface area contributed by atoms with E-state index in [1.807, 2.05) is 6.07 Å². The minimum absolute atomic E-state index is 0.112. The number of hydrogen-bond donors (Lipinski definition) is 3. The first-order valence-corrected chi connectivity index (χ1v) is 8.01. The van der Waals surface area contributed by atoms with Crippen molar-refractivity contribution >= 4 is 11.8 Å². The lowest BCUT2D eigenvalue weighted by molar-refractivity contribution is 0.0665. The number of ether oxygens (including phenoxy) is 1. The Kier molecular flexibility index (Phi) is 6.53. The predicted octanol–water partition coefficient (Wildman–Crippen LogP) is 3.71. The Morgan fingerprint density at radius 1 is 1.31 bits per heavy atom. The number of benzene rings is 2. The standard InChI is InChI=1S/C19H19FN2O4/c1-12(8-9-23)18(14-4-7-17(24)16(20)10-14)26-19(25)22-15-5-2-13(11-21)3-6-15/h2-7,10,12,18,23-24H,8-9H2,1H3,(H,22,25)/t12-,18+/m0/s1. The van der Waals surface area contributed by atoms with Gasteiger partial charge in [0.2, 0.25) is 0 Å². The van der Waals surface area contributed by atoms with E-state index < -0.39 is 23.8 Å². The molecule has 2 rings (SSSR count). The molecule has 0 aliphatic rings. The normalized spacial score (nSPS) is 12.7. The topological polar surface area (TPSA) is 103 Å². The third-order valence-corrected chi connectivity index (χ3v) is 3.90. The average molecular weight is 358 g/mol. The quantitative estimate of drug-likeness (QED) is 0.730. The minimum atomic E-state index is -0.820. The highest BCUT2D eigenvalue weighted by Gasteiger charge is 2.24. The smallest absolute Gasteiger partial charge is 0.412 e. The Morgan fingerprint density at radius 2 is 2.00 bits per heavy atom. The van der Waals surface area contributed by atoms with Gasteiger partial charge in [0.1, 0.15) is 6.10 Å². The van der Waals surface area contributed by atoms with Crippen molar-refractivity contribution in [2.45, 2.75) is 19.4 Å². The van der Waals surface area contributed by atoms with Gasteiger partial charge in [0.25, 0.3) is 0 Å². The van der Waals surface area contributed by atoms with E-state index in [-0.39, 0.29) is 12.5 Å². The number of nitrogens with one attached hydrogen (secondary N) is 1. The van der Waals surface area contributed by atoms with E-state index in [4.69, 9.17) is 15.1 Å². The summed E-state index contributed by atoms with van der Waals surface area (Å²) >= 11 is 0. The fourth-order valence-corrected chi connectivity index (χ4v) is 2.46. The van der Waals surface area contributed by atoms with Gasteiger partial charge < -0.3 is 14.9 Å². The molecule has 7 heteroatoms. The van der Waals surface area contributed by atoms with Crippen molar-refractivity contribution in [3.05, 3.63) is 59.4 Å². The van der Waals surface area contributed by atoms with Crippen molar-refractivity contribution in [3.8, 4) is 11.8 Å². The molecule has 136 valence electrons. The number of hydrogen-bond acceptors (Lipinski definition) is 5. The lowest BCUT2D eigenvalue weighted by Crippen LogP contribution is -2.22. The van der Waals surface area contributed by atoms with E-state index in [2.05, 4.69) is 5.32 Å². The molecule has 6 nitrogen and oxygen atoms in total. The largest absolute Gasteiger partial charge is 0.505 e. The molecule has 0 aliphatic carbocycles. The lowest BCUT2D eigenvalue weighted by atomic mass is 9.94. The molecule has 2 aromatic carbocycles. The summed E-state index contributed by atoms with van der Waals surface area (Å²) in [6.45, 7) is 1.65. The minimum Gasteiger partial charge on any atom is -0.505 e. The SMILES string of the molecule is C[C@@H](CCO)[C@@H](OC(=O)Nc1ccc(C#N)cc1)c1ccc(O)c(F)c1. The van der Waals surface area contributed by atoms with Crippen LogP contribution in [0.4, 0.5) is 14.9 Å². The zero-order chi connectivity index (χ0) is 19.1. The summed E-state index contributed by atoms with van der Waals surface area (Å²) in [6.07, 6.45) is -1.22. The van der Waals surface area contributed by atoms with E-state index in [1.54, 1.807) is 31.2 Å². The number of anilines is 1.